The predicted molar refractivity (Wildman–Crippen MR) is 120 cm³/mol. The first kappa shape index (κ1) is 24.7. The van der Waals surface area contributed by atoms with Crippen LogP contribution in [0.15, 0.2) is 59.0 Å². The van der Waals surface area contributed by atoms with E-state index in [1.165, 1.54) is 25.5 Å². The van der Waals surface area contributed by atoms with E-state index in [0.717, 1.165) is 23.5 Å². The lowest BCUT2D eigenvalue weighted by atomic mass is 10.2. The Morgan fingerprint density at radius 2 is 1.97 bits per heavy atom. The van der Waals surface area contributed by atoms with Crippen LogP contribution in [0, 0.1) is 0 Å². The normalized spacial score (nSPS) is 11.3. The van der Waals surface area contributed by atoms with Gasteiger partial charge in [0.2, 0.25) is 5.91 Å². The number of ether oxygens (including phenoxy) is 2. The summed E-state index contributed by atoms with van der Waals surface area (Å²) in [6, 6.07) is 11.5. The number of thiazole rings is 1. The number of halogens is 3. The number of carbonyl (C=O) groups excluding carboxylic acids is 2. The smallest absolute Gasteiger partial charge is 0.416 e. The van der Waals surface area contributed by atoms with Gasteiger partial charge in [-0.15, -0.1) is 11.3 Å². The molecule has 3 rings (SSSR count). The van der Waals surface area contributed by atoms with Crippen molar-refractivity contribution < 1.29 is 32.2 Å². The quantitative estimate of drug-likeness (QED) is 0.264. The van der Waals surface area contributed by atoms with E-state index in [0.29, 0.717) is 22.1 Å². The molecule has 0 unspecified atom stereocenters. The van der Waals surface area contributed by atoms with E-state index in [1.807, 2.05) is 0 Å². The molecule has 0 aliphatic heterocycles. The molecule has 0 saturated carbocycles. The number of esters is 1. The number of hydrazone groups is 1. The van der Waals surface area contributed by atoms with E-state index < -0.39 is 23.6 Å². The maximum absolute atomic E-state index is 12.8. The first-order valence-electron chi connectivity index (χ1n) is 9.74. The third-order valence-corrected chi connectivity index (χ3v) is 5.03. The van der Waals surface area contributed by atoms with Gasteiger partial charge in [-0.25, -0.2) is 15.2 Å². The summed E-state index contributed by atoms with van der Waals surface area (Å²) in [7, 11) is 1.25. The van der Waals surface area contributed by atoms with E-state index in [-0.39, 0.29) is 18.7 Å². The Hall–Kier alpha value is -3.93. The van der Waals surface area contributed by atoms with Crippen LogP contribution < -0.4 is 15.5 Å². The van der Waals surface area contributed by atoms with Crippen molar-refractivity contribution in [3.05, 3.63) is 70.7 Å². The van der Waals surface area contributed by atoms with Crippen LogP contribution in [0.5, 0.6) is 5.75 Å². The van der Waals surface area contributed by atoms with Gasteiger partial charge >= 0.3 is 12.1 Å². The third-order valence-electron chi connectivity index (χ3n) is 4.22. The Morgan fingerprint density at radius 1 is 1.18 bits per heavy atom. The zero-order valence-electron chi connectivity index (χ0n) is 17.8. The number of para-hydroxylation sites is 1. The molecule has 8 nitrogen and oxygen atoms in total. The molecule has 0 bridgehead atoms. The Bertz CT molecular complexity index is 1180. The molecule has 0 fully saturated rings. The molecule has 3 aromatic rings. The molecule has 0 aliphatic rings. The number of nitrogens with one attached hydrogen (secondary N) is 2. The molecule has 34 heavy (non-hydrogen) atoms. The molecular formula is C22H19F3N4O4S. The van der Waals surface area contributed by atoms with Gasteiger partial charge in [0.15, 0.2) is 11.7 Å². The van der Waals surface area contributed by atoms with Gasteiger partial charge in [0.1, 0.15) is 5.75 Å². The number of anilines is 2. The summed E-state index contributed by atoms with van der Waals surface area (Å²) in [5, 5.41) is 8.66. The molecule has 0 spiro atoms. The zero-order valence-corrected chi connectivity index (χ0v) is 18.6. The van der Waals surface area contributed by atoms with Crippen molar-refractivity contribution >= 4 is 40.2 Å². The molecule has 0 aliphatic carbocycles. The topological polar surface area (TPSA) is 102 Å². The van der Waals surface area contributed by atoms with Crippen molar-refractivity contribution in [2.24, 2.45) is 5.10 Å². The highest BCUT2D eigenvalue weighted by Gasteiger charge is 2.30. The van der Waals surface area contributed by atoms with Crippen LogP contribution in [0.2, 0.25) is 0 Å². The Morgan fingerprint density at radius 3 is 2.74 bits per heavy atom. The van der Waals surface area contributed by atoms with Crippen molar-refractivity contribution in [1.82, 2.24) is 10.4 Å². The van der Waals surface area contributed by atoms with Gasteiger partial charge in [-0.3, -0.25) is 4.79 Å². The van der Waals surface area contributed by atoms with Crippen LogP contribution in [-0.4, -0.2) is 36.8 Å². The van der Waals surface area contributed by atoms with Crippen molar-refractivity contribution in [2.45, 2.75) is 12.6 Å². The number of alkyl halides is 3. The van der Waals surface area contributed by atoms with Crippen LogP contribution in [0.4, 0.5) is 24.0 Å². The average Bonchev–Trinajstić information content (AvgIpc) is 3.24. The number of benzene rings is 2. The van der Waals surface area contributed by atoms with Gasteiger partial charge < -0.3 is 14.8 Å². The second kappa shape index (κ2) is 11.3. The molecule has 1 aromatic heterocycles. The molecule has 0 radical (unpaired) electrons. The number of carbonyl (C=O) groups is 2. The van der Waals surface area contributed by atoms with E-state index in [4.69, 9.17) is 4.74 Å². The lowest BCUT2D eigenvalue weighted by Crippen LogP contribution is -2.20. The standard InChI is InChI=1S/C22H19F3N4O4S/c1-32-20(31)12-33-18-8-3-2-5-14(18)11-26-29-19(30)10-17-13-34-21(28-17)27-16-7-4-6-15(9-16)22(23,24)25/h2-9,11,13H,10,12H2,1H3,(H,27,28)(H,29,30)/b26-11-. The lowest BCUT2D eigenvalue weighted by molar-refractivity contribution is -0.143. The van der Waals surface area contributed by atoms with Crippen molar-refractivity contribution in [2.75, 3.05) is 19.0 Å². The number of hydrogen-bond acceptors (Lipinski definition) is 8. The fourth-order valence-corrected chi connectivity index (χ4v) is 3.36. The molecule has 12 heteroatoms. The third kappa shape index (κ3) is 7.30. The number of nitrogens with zero attached hydrogens (tertiary/aromatic N) is 2. The fraction of sp³-hybridized carbons (Fsp3) is 0.182. The van der Waals surface area contributed by atoms with E-state index in [9.17, 15) is 22.8 Å². The molecule has 0 saturated heterocycles. The summed E-state index contributed by atoms with van der Waals surface area (Å²) < 4.78 is 48.4. The fourth-order valence-electron chi connectivity index (χ4n) is 2.63. The number of methoxy groups -OCH3 is 1. The van der Waals surface area contributed by atoms with Gasteiger partial charge in [0, 0.05) is 16.6 Å². The molecule has 0 atom stereocenters. The molecule has 178 valence electrons. The highest BCUT2D eigenvalue weighted by Crippen LogP contribution is 2.31. The van der Waals surface area contributed by atoms with Gasteiger partial charge in [-0.1, -0.05) is 18.2 Å². The maximum atomic E-state index is 12.8. The second-order valence-corrected chi connectivity index (χ2v) is 7.58. The van der Waals surface area contributed by atoms with Crippen LogP contribution in [0.3, 0.4) is 0 Å². The molecule has 1 heterocycles. The van der Waals surface area contributed by atoms with Gasteiger partial charge in [-0.05, 0) is 30.3 Å². The highest BCUT2D eigenvalue weighted by molar-refractivity contribution is 7.13. The Kier molecular flexibility index (Phi) is 8.19. The SMILES string of the molecule is COC(=O)COc1ccccc1/C=N\NC(=O)Cc1csc(Nc2cccc(C(F)(F)F)c2)n1. The minimum absolute atomic E-state index is 0.0847. The summed E-state index contributed by atoms with van der Waals surface area (Å²) in [5.41, 5.74) is 2.79. The van der Waals surface area contributed by atoms with Gasteiger partial charge in [0.05, 0.1) is 31.0 Å². The summed E-state index contributed by atoms with van der Waals surface area (Å²) in [6.45, 7) is -0.269. The number of hydrogen-bond donors (Lipinski definition) is 2. The summed E-state index contributed by atoms with van der Waals surface area (Å²) in [4.78, 5) is 27.6. The largest absolute Gasteiger partial charge is 0.481 e. The van der Waals surface area contributed by atoms with E-state index in [2.05, 4.69) is 25.6 Å². The number of rotatable bonds is 9. The minimum atomic E-state index is -4.45. The summed E-state index contributed by atoms with van der Waals surface area (Å²) >= 11 is 1.16. The van der Waals surface area contributed by atoms with Gasteiger partial charge in [-0.2, -0.15) is 18.3 Å². The van der Waals surface area contributed by atoms with Gasteiger partial charge in [0.25, 0.3) is 0 Å². The van der Waals surface area contributed by atoms with Crippen LogP contribution in [-0.2, 0) is 26.9 Å². The maximum Gasteiger partial charge on any atom is 0.416 e. The Balaban J connectivity index is 1.54. The van der Waals surface area contributed by atoms with Crippen molar-refractivity contribution in [3.8, 4) is 5.75 Å². The molecule has 2 N–H and O–H groups in total. The minimum Gasteiger partial charge on any atom is -0.481 e. The van der Waals surface area contributed by atoms with E-state index >= 15 is 0 Å². The zero-order chi connectivity index (χ0) is 24.6. The van der Waals surface area contributed by atoms with E-state index in [1.54, 1.807) is 29.6 Å². The summed E-state index contributed by atoms with van der Waals surface area (Å²) in [5.74, 6) is -0.596. The molecule has 2 aromatic carbocycles. The molecule has 1 amide bonds. The van der Waals surface area contributed by atoms with Crippen LogP contribution in [0.25, 0.3) is 0 Å². The molecular weight excluding hydrogens is 473 g/mol. The predicted octanol–water partition coefficient (Wildman–Crippen LogP) is 4.15. The first-order chi connectivity index (χ1) is 16.2. The second-order valence-electron chi connectivity index (χ2n) is 6.72. The van der Waals surface area contributed by atoms with Crippen molar-refractivity contribution in [3.63, 3.8) is 0 Å². The highest BCUT2D eigenvalue weighted by atomic mass is 32.1. The number of aromatic nitrogens is 1. The Labute approximate surface area is 196 Å². The van der Waals surface area contributed by atoms with Crippen molar-refractivity contribution in [1.29, 1.82) is 0 Å². The monoisotopic (exact) mass is 492 g/mol. The van der Waals surface area contributed by atoms with Crippen LogP contribution >= 0.6 is 11.3 Å². The average molecular weight is 492 g/mol. The number of amides is 1. The lowest BCUT2D eigenvalue weighted by Gasteiger charge is -2.08. The first-order valence-corrected chi connectivity index (χ1v) is 10.6. The van der Waals surface area contributed by atoms with Crippen LogP contribution in [0.1, 0.15) is 16.8 Å². The summed E-state index contributed by atoms with van der Waals surface area (Å²) in [6.07, 6.45) is -3.16.